The minimum atomic E-state index is -0.720. The van der Waals surface area contributed by atoms with Crippen molar-refractivity contribution in [1.82, 2.24) is 0 Å². The molecule has 1 N–H and O–H groups in total. The van der Waals surface area contributed by atoms with Crippen molar-refractivity contribution < 1.29 is 19.4 Å². The molecule has 4 aliphatic carbocycles. The van der Waals surface area contributed by atoms with Gasteiger partial charge in [0, 0.05) is 17.9 Å². The largest absolute Gasteiger partial charge is 0.462 e. The Morgan fingerprint density at radius 1 is 1.03 bits per heavy atom. The lowest BCUT2D eigenvalue weighted by Crippen LogP contribution is -2.65. The number of rotatable bonds is 2. The van der Waals surface area contributed by atoms with Crippen molar-refractivity contribution in [1.29, 1.82) is 0 Å². The first-order chi connectivity index (χ1) is 13.9. The van der Waals surface area contributed by atoms with Gasteiger partial charge in [0.15, 0.2) is 0 Å². The van der Waals surface area contributed by atoms with Crippen LogP contribution in [0.4, 0.5) is 0 Å². The van der Waals surface area contributed by atoms with Gasteiger partial charge in [-0.25, -0.2) is 0 Å². The van der Waals surface area contributed by atoms with Gasteiger partial charge in [0.1, 0.15) is 12.4 Å². The van der Waals surface area contributed by atoms with Crippen molar-refractivity contribution in [2.75, 3.05) is 0 Å². The van der Waals surface area contributed by atoms with Crippen LogP contribution in [0.15, 0.2) is 11.6 Å². The van der Waals surface area contributed by atoms with E-state index in [0.29, 0.717) is 29.2 Å². The van der Waals surface area contributed by atoms with Crippen molar-refractivity contribution in [3.8, 4) is 0 Å². The molecular weight excluding hydrogens is 376 g/mol. The molecule has 3 fully saturated rings. The van der Waals surface area contributed by atoms with Crippen LogP contribution < -0.4 is 0 Å². The van der Waals surface area contributed by atoms with Crippen molar-refractivity contribution in [3.63, 3.8) is 0 Å². The van der Waals surface area contributed by atoms with Gasteiger partial charge in [-0.1, -0.05) is 47.1 Å². The molecule has 3 unspecified atom stereocenters. The second-order valence-corrected chi connectivity index (χ2v) is 12.3. The Kier molecular flexibility index (Phi) is 5.08. The monoisotopic (exact) mass is 416 g/mol. The molecule has 0 spiro atoms. The fraction of sp³-hybridized carbons (Fsp3) is 0.846. The van der Waals surface area contributed by atoms with Crippen LogP contribution in [-0.2, 0) is 14.3 Å². The predicted molar refractivity (Wildman–Crippen MR) is 117 cm³/mol. The number of esters is 1. The normalized spacial score (nSPS) is 49.7. The van der Waals surface area contributed by atoms with Crippen molar-refractivity contribution in [2.24, 2.45) is 39.4 Å². The standard InChI is InChI=1S/C26H40O4/c1-16(28)30-22-13-21-24(4)10-7-9-23(2,3)19(24)8-11-25(21,5)20-12-18(29)17(15-27)14-26(20,22)6/h14-15,18-22,29H,7-13H2,1-6H3/t18-,19?,20?,21?,22-,24-,25-,26+/m0/s1. The van der Waals surface area contributed by atoms with Gasteiger partial charge < -0.3 is 9.84 Å². The van der Waals surface area contributed by atoms with E-state index in [1.165, 1.54) is 32.6 Å². The number of aliphatic hydroxyl groups is 1. The zero-order valence-corrected chi connectivity index (χ0v) is 19.7. The highest BCUT2D eigenvalue weighted by molar-refractivity contribution is 5.75. The third-order valence-electron chi connectivity index (χ3n) is 10.3. The minimum absolute atomic E-state index is 0.0654. The number of hydrogen-bond acceptors (Lipinski definition) is 4. The summed E-state index contributed by atoms with van der Waals surface area (Å²) in [5.74, 6) is 1.06. The summed E-state index contributed by atoms with van der Waals surface area (Å²) in [5, 5.41) is 10.8. The highest BCUT2D eigenvalue weighted by Gasteiger charge is 2.67. The van der Waals surface area contributed by atoms with Crippen LogP contribution in [0.1, 0.15) is 86.5 Å². The zero-order chi connectivity index (χ0) is 22.1. The molecular formula is C26H40O4. The van der Waals surface area contributed by atoms with Crippen LogP contribution in [0.2, 0.25) is 0 Å². The molecule has 3 saturated carbocycles. The van der Waals surface area contributed by atoms with E-state index in [0.717, 1.165) is 19.1 Å². The van der Waals surface area contributed by atoms with E-state index in [4.69, 9.17) is 4.74 Å². The number of ether oxygens (including phenoxy) is 1. The lowest BCUT2D eigenvalue weighted by molar-refractivity contribution is -0.226. The fourth-order valence-electron chi connectivity index (χ4n) is 9.06. The Morgan fingerprint density at radius 2 is 1.70 bits per heavy atom. The molecule has 0 heterocycles. The third kappa shape index (κ3) is 2.96. The van der Waals surface area contributed by atoms with Gasteiger partial charge in [0.05, 0.1) is 6.10 Å². The maximum Gasteiger partial charge on any atom is 0.302 e. The first kappa shape index (κ1) is 22.0. The number of aldehydes is 1. The number of fused-ring (bicyclic) bond motifs is 5. The summed E-state index contributed by atoms with van der Waals surface area (Å²) in [5.41, 5.74) is 0.651. The summed E-state index contributed by atoms with van der Waals surface area (Å²) in [6.45, 7) is 13.5. The van der Waals surface area contributed by atoms with Crippen LogP contribution >= 0.6 is 0 Å². The third-order valence-corrected chi connectivity index (χ3v) is 10.3. The average Bonchev–Trinajstić information content (AvgIpc) is 2.63. The van der Waals surface area contributed by atoms with Crippen LogP contribution in [-0.4, -0.2) is 29.6 Å². The average molecular weight is 417 g/mol. The van der Waals surface area contributed by atoms with Gasteiger partial charge >= 0.3 is 5.97 Å². The number of aliphatic hydroxyl groups excluding tert-OH is 1. The minimum Gasteiger partial charge on any atom is -0.462 e. The maximum absolute atomic E-state index is 12.1. The SMILES string of the molecule is CC(=O)O[C@H]1CC2[C@@]3(C)CCCC(C)(C)C3CC[C@@]2(C)C2C[C@H](O)C(C=O)=C[C@]21C. The lowest BCUT2D eigenvalue weighted by atomic mass is 9.35. The molecule has 0 aromatic rings. The highest BCUT2D eigenvalue weighted by Crippen LogP contribution is 2.72. The van der Waals surface area contributed by atoms with E-state index in [9.17, 15) is 14.7 Å². The summed E-state index contributed by atoms with van der Waals surface area (Å²) in [7, 11) is 0. The van der Waals surface area contributed by atoms with E-state index in [1.54, 1.807) is 0 Å². The van der Waals surface area contributed by atoms with Crippen molar-refractivity contribution in [3.05, 3.63) is 11.6 Å². The molecule has 0 aromatic heterocycles. The summed E-state index contributed by atoms with van der Waals surface area (Å²) < 4.78 is 5.98. The van der Waals surface area contributed by atoms with Gasteiger partial charge in [-0.05, 0) is 72.5 Å². The molecule has 4 rings (SSSR count). The molecule has 0 aliphatic heterocycles. The Morgan fingerprint density at radius 3 is 2.33 bits per heavy atom. The van der Waals surface area contributed by atoms with Crippen LogP contribution in [0, 0.1) is 39.4 Å². The predicted octanol–water partition coefficient (Wildman–Crippen LogP) is 5.08. The van der Waals surface area contributed by atoms with Crippen molar-refractivity contribution in [2.45, 2.75) is 98.7 Å². The maximum atomic E-state index is 12.1. The first-order valence-corrected chi connectivity index (χ1v) is 11.9. The fourth-order valence-corrected chi connectivity index (χ4v) is 9.06. The van der Waals surface area contributed by atoms with Gasteiger partial charge in [0.25, 0.3) is 0 Å². The Labute approximate surface area is 181 Å². The zero-order valence-electron chi connectivity index (χ0n) is 19.7. The molecule has 30 heavy (non-hydrogen) atoms. The summed E-state index contributed by atoms with van der Waals surface area (Å²) in [6, 6.07) is 0. The van der Waals surface area contributed by atoms with E-state index >= 15 is 0 Å². The Balaban J connectivity index is 1.83. The number of carbonyl (C=O) groups is 2. The quantitative estimate of drug-likeness (QED) is 0.503. The summed E-state index contributed by atoms with van der Waals surface area (Å²) in [6.07, 6.45) is 9.34. The number of carbonyl (C=O) groups excluding carboxylic acids is 2. The molecule has 0 radical (unpaired) electrons. The van der Waals surface area contributed by atoms with Crippen molar-refractivity contribution >= 4 is 12.3 Å². The molecule has 0 amide bonds. The van der Waals surface area contributed by atoms with Gasteiger partial charge in [-0.3, -0.25) is 9.59 Å². The van der Waals surface area contributed by atoms with E-state index in [-0.39, 0.29) is 28.8 Å². The van der Waals surface area contributed by atoms with Crippen LogP contribution in [0.25, 0.3) is 0 Å². The summed E-state index contributed by atoms with van der Waals surface area (Å²) in [4.78, 5) is 23.7. The second-order valence-electron chi connectivity index (χ2n) is 12.3. The summed E-state index contributed by atoms with van der Waals surface area (Å²) >= 11 is 0. The molecule has 4 nitrogen and oxygen atoms in total. The molecule has 8 atom stereocenters. The molecule has 168 valence electrons. The molecule has 4 aliphatic rings. The lowest BCUT2D eigenvalue weighted by Gasteiger charge is -2.69. The van der Waals surface area contributed by atoms with Gasteiger partial charge in [0.2, 0.25) is 0 Å². The molecule has 4 heteroatoms. The molecule has 0 saturated heterocycles. The van der Waals surface area contributed by atoms with E-state index in [1.807, 2.05) is 6.08 Å². The van der Waals surface area contributed by atoms with E-state index < -0.39 is 11.5 Å². The van der Waals surface area contributed by atoms with Gasteiger partial charge in [-0.15, -0.1) is 0 Å². The topological polar surface area (TPSA) is 63.6 Å². The highest BCUT2D eigenvalue weighted by atomic mass is 16.5. The molecule has 0 aromatic carbocycles. The second kappa shape index (κ2) is 6.92. The van der Waals surface area contributed by atoms with E-state index in [2.05, 4.69) is 34.6 Å². The first-order valence-electron chi connectivity index (χ1n) is 11.9. The smallest absolute Gasteiger partial charge is 0.302 e. The van der Waals surface area contributed by atoms with Gasteiger partial charge in [-0.2, -0.15) is 0 Å². The van der Waals surface area contributed by atoms with Crippen LogP contribution in [0.5, 0.6) is 0 Å². The van der Waals surface area contributed by atoms with Crippen LogP contribution in [0.3, 0.4) is 0 Å². The number of hydrogen-bond donors (Lipinski definition) is 1. The Bertz CT molecular complexity index is 769. The Hall–Kier alpha value is -1.16. The molecule has 0 bridgehead atoms.